The maximum Gasteiger partial charge on any atom is 0.218 e. The highest BCUT2D eigenvalue weighted by molar-refractivity contribution is 7.89. The van der Waals surface area contributed by atoms with E-state index in [1.165, 1.54) is 0 Å². The van der Waals surface area contributed by atoms with E-state index in [4.69, 9.17) is 10.00 Å². The van der Waals surface area contributed by atoms with Crippen molar-refractivity contribution in [2.24, 2.45) is 0 Å². The Bertz CT molecular complexity index is 695. The van der Waals surface area contributed by atoms with Crippen LogP contribution >= 0.6 is 0 Å². The summed E-state index contributed by atoms with van der Waals surface area (Å²) in [5.74, 6) is 0.672. The van der Waals surface area contributed by atoms with E-state index in [1.807, 2.05) is 17.0 Å². The molecule has 0 saturated carbocycles. The summed E-state index contributed by atoms with van der Waals surface area (Å²) in [5.41, 5.74) is 0.348. The minimum absolute atomic E-state index is 0.348. The summed E-state index contributed by atoms with van der Waals surface area (Å²) in [6.07, 6.45) is 1.46. The molecule has 0 bridgehead atoms. The van der Waals surface area contributed by atoms with E-state index in [0.29, 0.717) is 50.8 Å². The predicted octanol–water partition coefficient (Wildman–Crippen LogP) is 0.584. The summed E-state index contributed by atoms with van der Waals surface area (Å²) in [6.45, 7) is 2.96. The van der Waals surface area contributed by atoms with Gasteiger partial charge in [0.1, 0.15) is 17.6 Å². The molecule has 1 aromatic rings. The Morgan fingerprint density at radius 2 is 2.04 bits per heavy atom. The number of nitriles is 1. The van der Waals surface area contributed by atoms with E-state index in [-0.39, 0.29) is 0 Å². The van der Waals surface area contributed by atoms with Crippen molar-refractivity contribution in [3.63, 3.8) is 0 Å². The summed E-state index contributed by atoms with van der Waals surface area (Å²) in [4.78, 5) is 6.25. The average Bonchev–Trinajstić information content (AvgIpc) is 2.62. The quantitative estimate of drug-likeness (QED) is 0.803. The molecule has 0 N–H and O–H groups in total. The van der Waals surface area contributed by atoms with Gasteiger partial charge in [-0.3, -0.25) is 0 Å². The van der Waals surface area contributed by atoms with E-state index < -0.39 is 15.3 Å². The van der Waals surface area contributed by atoms with Crippen molar-refractivity contribution in [3.05, 3.63) is 23.9 Å². The number of sulfonamides is 1. The van der Waals surface area contributed by atoms with Crippen LogP contribution in [0.2, 0.25) is 0 Å². The molecule has 2 aliphatic rings. The minimum Gasteiger partial charge on any atom is -0.379 e. The largest absolute Gasteiger partial charge is 0.379 e. The Morgan fingerprint density at radius 1 is 1.26 bits per heavy atom. The molecule has 3 heterocycles. The van der Waals surface area contributed by atoms with Gasteiger partial charge in [0.05, 0.1) is 18.5 Å². The topological polar surface area (TPSA) is 86.5 Å². The number of morpholine rings is 1. The standard InChI is InChI=1S/C15H20N4O3S/c16-11-13-3-1-5-15(17-13)18-6-2-4-14(12-18)23(20,21)19-7-9-22-10-8-19/h1,3,5,14H,2,4,6-10,12H2/t14-/m0/s1. The molecule has 0 unspecified atom stereocenters. The smallest absolute Gasteiger partial charge is 0.218 e. The van der Waals surface area contributed by atoms with Gasteiger partial charge in [-0.15, -0.1) is 0 Å². The summed E-state index contributed by atoms with van der Waals surface area (Å²) < 4.78 is 32.4. The maximum atomic E-state index is 12.8. The van der Waals surface area contributed by atoms with Crippen molar-refractivity contribution in [2.75, 3.05) is 44.3 Å². The van der Waals surface area contributed by atoms with Gasteiger partial charge in [0.15, 0.2) is 0 Å². The molecule has 124 valence electrons. The third kappa shape index (κ3) is 3.47. The van der Waals surface area contributed by atoms with Crippen LogP contribution in [0.25, 0.3) is 0 Å². The van der Waals surface area contributed by atoms with Gasteiger partial charge in [-0.2, -0.15) is 9.57 Å². The van der Waals surface area contributed by atoms with Crippen LogP contribution in [0.15, 0.2) is 18.2 Å². The van der Waals surface area contributed by atoms with Crippen molar-refractivity contribution in [1.82, 2.24) is 9.29 Å². The fraction of sp³-hybridized carbons (Fsp3) is 0.600. The van der Waals surface area contributed by atoms with Crippen molar-refractivity contribution in [1.29, 1.82) is 5.26 Å². The highest BCUT2D eigenvalue weighted by Gasteiger charge is 2.36. The Morgan fingerprint density at radius 3 is 2.78 bits per heavy atom. The van der Waals surface area contributed by atoms with Gasteiger partial charge in [0, 0.05) is 26.2 Å². The zero-order valence-electron chi connectivity index (χ0n) is 12.9. The van der Waals surface area contributed by atoms with E-state index in [9.17, 15) is 8.42 Å². The normalized spacial score (nSPS) is 23.4. The first-order chi connectivity index (χ1) is 11.1. The fourth-order valence-electron chi connectivity index (χ4n) is 3.06. The van der Waals surface area contributed by atoms with Crippen LogP contribution in [0.1, 0.15) is 18.5 Å². The lowest BCUT2D eigenvalue weighted by Crippen LogP contribution is -2.51. The van der Waals surface area contributed by atoms with Crippen LogP contribution in [0.3, 0.4) is 0 Å². The Balaban J connectivity index is 1.76. The van der Waals surface area contributed by atoms with E-state index in [0.717, 1.165) is 13.0 Å². The number of ether oxygens (including phenoxy) is 1. The number of hydrogen-bond donors (Lipinski definition) is 0. The van der Waals surface area contributed by atoms with Crippen LogP contribution in [-0.4, -0.2) is 62.3 Å². The number of pyridine rings is 1. The summed E-state index contributed by atoms with van der Waals surface area (Å²) in [6, 6.07) is 7.27. The van der Waals surface area contributed by atoms with Crippen LogP contribution in [0, 0.1) is 11.3 Å². The molecule has 2 fully saturated rings. The second-order valence-corrected chi connectivity index (χ2v) is 7.97. The van der Waals surface area contributed by atoms with Crippen LogP contribution in [-0.2, 0) is 14.8 Å². The van der Waals surface area contributed by atoms with Crippen LogP contribution in [0.5, 0.6) is 0 Å². The molecule has 0 aliphatic carbocycles. The van der Waals surface area contributed by atoms with E-state index in [2.05, 4.69) is 4.98 Å². The molecule has 2 aliphatic heterocycles. The molecule has 1 atom stereocenters. The van der Waals surface area contributed by atoms with E-state index >= 15 is 0 Å². The molecule has 0 aromatic carbocycles. The molecule has 0 radical (unpaired) electrons. The van der Waals surface area contributed by atoms with Gasteiger partial charge in [-0.1, -0.05) is 6.07 Å². The first-order valence-corrected chi connectivity index (χ1v) is 9.30. The molecule has 0 amide bonds. The molecule has 7 nitrogen and oxygen atoms in total. The van der Waals surface area contributed by atoms with Crippen molar-refractivity contribution >= 4 is 15.8 Å². The molecule has 23 heavy (non-hydrogen) atoms. The fourth-order valence-corrected chi connectivity index (χ4v) is 4.98. The van der Waals surface area contributed by atoms with E-state index in [1.54, 1.807) is 16.4 Å². The summed E-state index contributed by atoms with van der Waals surface area (Å²) in [5, 5.41) is 8.54. The van der Waals surface area contributed by atoms with Gasteiger partial charge in [0.25, 0.3) is 0 Å². The first-order valence-electron chi connectivity index (χ1n) is 7.80. The lowest BCUT2D eigenvalue weighted by atomic mass is 10.1. The second kappa shape index (κ2) is 6.83. The molecule has 0 spiro atoms. The van der Waals surface area contributed by atoms with Gasteiger partial charge in [-0.05, 0) is 25.0 Å². The zero-order chi connectivity index (χ0) is 16.3. The molecule has 3 rings (SSSR count). The third-order valence-electron chi connectivity index (χ3n) is 4.30. The minimum atomic E-state index is -3.32. The molecule has 1 aromatic heterocycles. The van der Waals surface area contributed by atoms with Gasteiger partial charge in [0.2, 0.25) is 10.0 Å². The van der Waals surface area contributed by atoms with Crippen LogP contribution < -0.4 is 4.90 Å². The first kappa shape index (κ1) is 16.2. The summed E-state index contributed by atoms with van der Waals surface area (Å²) >= 11 is 0. The number of aromatic nitrogens is 1. The zero-order valence-corrected chi connectivity index (χ0v) is 13.7. The lowest BCUT2D eigenvalue weighted by Gasteiger charge is -2.36. The maximum absolute atomic E-state index is 12.8. The highest BCUT2D eigenvalue weighted by Crippen LogP contribution is 2.24. The number of rotatable bonds is 3. The second-order valence-electron chi connectivity index (χ2n) is 5.76. The average molecular weight is 336 g/mol. The molecule has 2 saturated heterocycles. The molecular weight excluding hydrogens is 316 g/mol. The van der Waals surface area contributed by atoms with Gasteiger partial charge in [-0.25, -0.2) is 13.4 Å². The SMILES string of the molecule is N#Cc1cccc(N2CCC[C@H](S(=O)(=O)N3CCOCC3)C2)n1. The van der Waals surface area contributed by atoms with Crippen molar-refractivity contribution in [3.8, 4) is 6.07 Å². The molecular formula is C15H20N4O3S. The molecule has 8 heteroatoms. The highest BCUT2D eigenvalue weighted by atomic mass is 32.2. The van der Waals surface area contributed by atoms with Crippen LogP contribution in [0.4, 0.5) is 5.82 Å². The number of piperidine rings is 1. The van der Waals surface area contributed by atoms with Gasteiger partial charge >= 0.3 is 0 Å². The Hall–Kier alpha value is -1.69. The summed E-state index contributed by atoms with van der Waals surface area (Å²) in [7, 11) is -3.32. The number of anilines is 1. The Labute approximate surface area is 136 Å². The Kier molecular flexibility index (Phi) is 4.80. The van der Waals surface area contributed by atoms with Crippen molar-refractivity contribution in [2.45, 2.75) is 18.1 Å². The number of nitrogens with zero attached hydrogens (tertiary/aromatic N) is 4. The van der Waals surface area contributed by atoms with Gasteiger partial charge < -0.3 is 9.64 Å². The third-order valence-corrected chi connectivity index (χ3v) is 6.61. The van der Waals surface area contributed by atoms with Crippen molar-refractivity contribution < 1.29 is 13.2 Å². The lowest BCUT2D eigenvalue weighted by molar-refractivity contribution is 0.0725. The predicted molar refractivity (Wildman–Crippen MR) is 85.5 cm³/mol. The monoisotopic (exact) mass is 336 g/mol. The number of hydrogen-bond acceptors (Lipinski definition) is 6.